The summed E-state index contributed by atoms with van der Waals surface area (Å²) in [6.45, 7) is 10.4. The van der Waals surface area contributed by atoms with Crippen molar-refractivity contribution in [3.05, 3.63) is 0 Å². The number of nitrogens with one attached hydrogen (secondary N) is 1. The predicted molar refractivity (Wildman–Crippen MR) is 119 cm³/mol. The molecule has 4 fully saturated rings. The molecule has 3 aliphatic heterocycles. The van der Waals surface area contributed by atoms with Gasteiger partial charge in [0.25, 0.3) is 16.1 Å². The van der Waals surface area contributed by atoms with Crippen LogP contribution in [-0.2, 0) is 19.7 Å². The number of carbonyl (C=O) groups is 2. The number of urea groups is 1. The average Bonchev–Trinajstić information content (AvgIpc) is 2.98. The molecule has 4 atom stereocenters. The molecule has 0 radical (unpaired) electrons. The van der Waals surface area contributed by atoms with Gasteiger partial charge in [-0.3, -0.25) is 9.69 Å². The molecule has 32 heavy (non-hydrogen) atoms. The Morgan fingerprint density at radius 2 is 1.50 bits per heavy atom. The lowest BCUT2D eigenvalue weighted by Crippen LogP contribution is -2.60. The third-order valence-electron chi connectivity index (χ3n) is 7.70. The molecule has 4 unspecified atom stereocenters. The first-order valence-corrected chi connectivity index (χ1v) is 13.2. The number of ether oxygens (including phenoxy) is 1. The molecular formula is C21H37N5O5S. The quantitative estimate of drug-likeness (QED) is 0.605. The minimum absolute atomic E-state index is 0.105. The molecule has 1 aliphatic carbocycles. The Hall–Kier alpha value is -1.27. The second-order valence-electron chi connectivity index (χ2n) is 10.0. The maximum atomic E-state index is 13.4. The van der Waals surface area contributed by atoms with Crippen molar-refractivity contribution in [2.24, 2.45) is 11.8 Å². The van der Waals surface area contributed by atoms with E-state index < -0.39 is 15.7 Å². The van der Waals surface area contributed by atoms with Crippen LogP contribution in [-0.4, -0.2) is 102 Å². The van der Waals surface area contributed by atoms with E-state index in [1.54, 1.807) is 0 Å². The van der Waals surface area contributed by atoms with E-state index in [0.29, 0.717) is 39.3 Å². The number of rotatable bonds is 4. The molecule has 3 saturated heterocycles. The van der Waals surface area contributed by atoms with Gasteiger partial charge < -0.3 is 10.1 Å². The average molecular weight is 472 g/mol. The summed E-state index contributed by atoms with van der Waals surface area (Å²) in [4.78, 5) is 29.4. The number of nitrogens with zero attached hydrogens (tertiary/aromatic N) is 4. The molecule has 3 heterocycles. The smallest absolute Gasteiger partial charge is 0.326 e. The molecule has 0 aromatic heterocycles. The van der Waals surface area contributed by atoms with Gasteiger partial charge in [-0.05, 0) is 38.5 Å². The first-order chi connectivity index (χ1) is 15.1. The number of piperazine rings is 1. The molecule has 182 valence electrons. The lowest BCUT2D eigenvalue weighted by Gasteiger charge is -2.42. The number of hydrogen-bond donors (Lipinski definition) is 1. The van der Waals surface area contributed by atoms with Gasteiger partial charge in [0.2, 0.25) is 0 Å². The fourth-order valence-electron chi connectivity index (χ4n) is 5.87. The summed E-state index contributed by atoms with van der Waals surface area (Å²) in [5, 5.41) is 3.03. The number of morpholine rings is 1. The second kappa shape index (κ2) is 8.83. The van der Waals surface area contributed by atoms with Crippen molar-refractivity contribution in [1.29, 1.82) is 0 Å². The Labute approximate surface area is 191 Å². The van der Waals surface area contributed by atoms with Crippen molar-refractivity contribution in [1.82, 2.24) is 23.7 Å². The highest BCUT2D eigenvalue weighted by molar-refractivity contribution is 7.86. The molecule has 1 N–H and O–H groups in total. The normalized spacial score (nSPS) is 38.4. The van der Waals surface area contributed by atoms with Crippen LogP contribution in [0.5, 0.6) is 0 Å². The van der Waals surface area contributed by atoms with Crippen molar-refractivity contribution in [3.8, 4) is 0 Å². The minimum atomic E-state index is -3.56. The molecule has 0 aromatic carbocycles. The van der Waals surface area contributed by atoms with Gasteiger partial charge in [-0.2, -0.15) is 17.0 Å². The zero-order chi connectivity index (χ0) is 23.3. The van der Waals surface area contributed by atoms with Crippen LogP contribution in [0, 0.1) is 11.8 Å². The molecule has 3 amide bonds. The van der Waals surface area contributed by atoms with Crippen LogP contribution in [0.15, 0.2) is 0 Å². The fraction of sp³-hybridized carbons (Fsp3) is 0.905. The fourth-order valence-corrected chi connectivity index (χ4v) is 7.61. The minimum Gasteiger partial charge on any atom is -0.373 e. The molecule has 11 heteroatoms. The molecule has 0 bridgehead atoms. The Morgan fingerprint density at radius 3 is 2.06 bits per heavy atom. The van der Waals surface area contributed by atoms with Gasteiger partial charge in [0.05, 0.1) is 18.9 Å². The first-order valence-electron chi connectivity index (χ1n) is 11.8. The maximum absolute atomic E-state index is 13.4. The summed E-state index contributed by atoms with van der Waals surface area (Å²) in [6, 6.07) is -0.332. The predicted octanol–water partition coefficient (Wildman–Crippen LogP) is 0.662. The molecular weight excluding hydrogens is 434 g/mol. The van der Waals surface area contributed by atoms with E-state index in [9.17, 15) is 18.0 Å². The van der Waals surface area contributed by atoms with Crippen molar-refractivity contribution in [2.45, 2.75) is 64.7 Å². The maximum Gasteiger partial charge on any atom is 0.326 e. The van der Waals surface area contributed by atoms with Crippen molar-refractivity contribution < 1.29 is 22.7 Å². The Bertz CT molecular complexity index is 824. The van der Waals surface area contributed by atoms with E-state index in [1.807, 2.05) is 32.6 Å². The lowest BCUT2D eigenvalue weighted by atomic mass is 9.67. The Kier molecular flexibility index (Phi) is 6.58. The van der Waals surface area contributed by atoms with E-state index in [4.69, 9.17) is 4.74 Å². The number of amides is 3. The van der Waals surface area contributed by atoms with Gasteiger partial charge in [-0.15, -0.1) is 0 Å². The Balaban J connectivity index is 1.37. The van der Waals surface area contributed by atoms with Crippen LogP contribution in [0.4, 0.5) is 4.79 Å². The van der Waals surface area contributed by atoms with Gasteiger partial charge in [0, 0.05) is 39.3 Å². The molecule has 0 aromatic rings. The van der Waals surface area contributed by atoms with Crippen LogP contribution < -0.4 is 5.32 Å². The molecule has 10 nitrogen and oxygen atoms in total. The van der Waals surface area contributed by atoms with Crippen molar-refractivity contribution >= 4 is 22.1 Å². The van der Waals surface area contributed by atoms with Gasteiger partial charge in [0.1, 0.15) is 5.54 Å². The highest BCUT2D eigenvalue weighted by Gasteiger charge is 2.58. The van der Waals surface area contributed by atoms with Gasteiger partial charge in [0.15, 0.2) is 0 Å². The van der Waals surface area contributed by atoms with E-state index in [1.165, 1.54) is 13.5 Å². The van der Waals surface area contributed by atoms with E-state index >= 15 is 0 Å². The van der Waals surface area contributed by atoms with E-state index in [2.05, 4.69) is 5.32 Å². The highest BCUT2D eigenvalue weighted by Crippen LogP contribution is 2.42. The standard InChI is InChI=1S/C21H37N5O5S/c1-15-6-5-7-16(2)21(15)19(27)26(20(28)22-21)14-23-8-10-24(11-9-23)32(29,30)25-12-17(3)31-18(4)13-25/h15-18H,5-14H2,1-4H3,(H,22,28). The summed E-state index contributed by atoms with van der Waals surface area (Å²) >= 11 is 0. The van der Waals surface area contributed by atoms with E-state index in [0.717, 1.165) is 19.3 Å². The summed E-state index contributed by atoms with van der Waals surface area (Å²) in [7, 11) is -3.56. The van der Waals surface area contributed by atoms with Gasteiger partial charge >= 0.3 is 6.03 Å². The Morgan fingerprint density at radius 1 is 0.938 bits per heavy atom. The summed E-state index contributed by atoms with van der Waals surface area (Å²) in [5.74, 6) is 0.0783. The van der Waals surface area contributed by atoms with Crippen LogP contribution in [0.25, 0.3) is 0 Å². The molecule has 1 spiro atoms. The summed E-state index contributed by atoms with van der Waals surface area (Å²) < 4.78 is 34.9. The second-order valence-corrected chi connectivity index (χ2v) is 11.9. The molecule has 4 aliphatic rings. The molecule has 4 rings (SSSR count). The van der Waals surface area contributed by atoms with Crippen LogP contribution in [0.1, 0.15) is 47.0 Å². The topological polar surface area (TPSA) is 103 Å². The zero-order valence-electron chi connectivity index (χ0n) is 19.6. The zero-order valence-corrected chi connectivity index (χ0v) is 20.4. The first kappa shape index (κ1) is 23.9. The van der Waals surface area contributed by atoms with Crippen molar-refractivity contribution in [2.75, 3.05) is 45.9 Å². The number of imide groups is 1. The third-order valence-corrected chi connectivity index (χ3v) is 9.67. The van der Waals surface area contributed by atoms with Gasteiger partial charge in [-0.25, -0.2) is 9.69 Å². The number of carbonyl (C=O) groups excluding carboxylic acids is 2. The van der Waals surface area contributed by atoms with Crippen molar-refractivity contribution in [3.63, 3.8) is 0 Å². The van der Waals surface area contributed by atoms with Crippen LogP contribution in [0.2, 0.25) is 0 Å². The highest BCUT2D eigenvalue weighted by atomic mass is 32.2. The van der Waals surface area contributed by atoms with Crippen LogP contribution in [0.3, 0.4) is 0 Å². The van der Waals surface area contributed by atoms with Crippen LogP contribution >= 0.6 is 0 Å². The summed E-state index contributed by atoms with van der Waals surface area (Å²) in [5.41, 5.74) is -0.801. The largest absolute Gasteiger partial charge is 0.373 e. The third kappa shape index (κ3) is 4.06. The number of hydrogen-bond acceptors (Lipinski definition) is 6. The monoisotopic (exact) mass is 471 g/mol. The lowest BCUT2D eigenvalue weighted by molar-refractivity contribution is -0.138. The van der Waals surface area contributed by atoms with E-state index in [-0.39, 0.29) is 42.7 Å². The summed E-state index contributed by atoms with van der Waals surface area (Å²) in [6.07, 6.45) is 2.67. The SMILES string of the molecule is CC1CN(S(=O)(=O)N2CCN(CN3C(=O)NC4(C3=O)C(C)CCCC4C)CC2)CC(C)O1. The van der Waals surface area contributed by atoms with Gasteiger partial charge in [-0.1, -0.05) is 20.3 Å². The molecule has 1 saturated carbocycles.